The summed E-state index contributed by atoms with van der Waals surface area (Å²) in [7, 11) is -3.87. The zero-order valence-electron chi connectivity index (χ0n) is 17.6. The van der Waals surface area contributed by atoms with Gasteiger partial charge < -0.3 is 10.1 Å². The maximum Gasteiger partial charge on any atom is 0.243 e. The molecule has 0 aliphatic heterocycles. The number of amides is 1. The third kappa shape index (κ3) is 7.72. The van der Waals surface area contributed by atoms with E-state index in [4.69, 9.17) is 16.3 Å². The summed E-state index contributed by atoms with van der Waals surface area (Å²) in [4.78, 5) is 12.6. The highest BCUT2D eigenvalue weighted by atomic mass is 35.5. The third-order valence-corrected chi connectivity index (χ3v) is 6.36. The van der Waals surface area contributed by atoms with E-state index in [1.54, 1.807) is 48.5 Å². The van der Waals surface area contributed by atoms with Gasteiger partial charge in [0.15, 0.2) is 0 Å². The number of hydrogen-bond donors (Lipinski definition) is 1. The number of halogens is 1. The molecule has 2 aromatic carbocycles. The zero-order chi connectivity index (χ0) is 22.1. The molecule has 0 saturated heterocycles. The summed E-state index contributed by atoms with van der Waals surface area (Å²) in [5, 5.41) is 3.27. The minimum Gasteiger partial charge on any atom is -0.379 e. The molecule has 0 spiro atoms. The minimum atomic E-state index is -3.87. The molecule has 164 valence electrons. The van der Waals surface area contributed by atoms with E-state index in [1.807, 2.05) is 20.8 Å². The van der Waals surface area contributed by atoms with Crippen LogP contribution in [-0.4, -0.2) is 44.4 Å². The Balaban J connectivity index is 2.13. The van der Waals surface area contributed by atoms with Gasteiger partial charge in [0.1, 0.15) is 0 Å². The number of aryl methyl sites for hydroxylation is 1. The summed E-state index contributed by atoms with van der Waals surface area (Å²) in [6.07, 6.45) is 0.789. The maximum absolute atomic E-state index is 13.2. The van der Waals surface area contributed by atoms with Gasteiger partial charge in [0.2, 0.25) is 15.9 Å². The van der Waals surface area contributed by atoms with Crippen LogP contribution < -0.4 is 5.32 Å². The topological polar surface area (TPSA) is 75.7 Å². The molecular weight excluding hydrogens is 424 g/mol. The van der Waals surface area contributed by atoms with Crippen LogP contribution in [0, 0.1) is 6.92 Å². The van der Waals surface area contributed by atoms with E-state index < -0.39 is 10.0 Å². The van der Waals surface area contributed by atoms with Crippen molar-refractivity contribution in [2.45, 2.75) is 44.7 Å². The fraction of sp³-hybridized carbons (Fsp3) is 0.409. The predicted octanol–water partition coefficient (Wildman–Crippen LogP) is 3.77. The molecule has 1 N–H and O–H groups in total. The van der Waals surface area contributed by atoms with E-state index in [0.29, 0.717) is 30.2 Å². The monoisotopic (exact) mass is 452 g/mol. The number of hydrogen-bond acceptors (Lipinski definition) is 4. The minimum absolute atomic E-state index is 0.0423. The first kappa shape index (κ1) is 24.3. The van der Waals surface area contributed by atoms with Gasteiger partial charge in [-0.05, 0) is 57.0 Å². The van der Waals surface area contributed by atoms with Crippen molar-refractivity contribution in [2.24, 2.45) is 0 Å². The highest BCUT2D eigenvalue weighted by Crippen LogP contribution is 2.20. The van der Waals surface area contributed by atoms with Gasteiger partial charge in [-0.25, -0.2) is 8.42 Å². The summed E-state index contributed by atoms with van der Waals surface area (Å²) in [5.41, 5.74) is 1.66. The Morgan fingerprint density at radius 3 is 2.50 bits per heavy atom. The van der Waals surface area contributed by atoms with Crippen molar-refractivity contribution in [3.05, 3.63) is 64.7 Å². The number of sulfonamides is 1. The molecule has 0 aliphatic carbocycles. The Morgan fingerprint density at radius 2 is 1.87 bits per heavy atom. The van der Waals surface area contributed by atoms with Crippen LogP contribution in [0.1, 0.15) is 31.4 Å². The van der Waals surface area contributed by atoms with Gasteiger partial charge in [0.25, 0.3) is 0 Å². The van der Waals surface area contributed by atoms with Crippen molar-refractivity contribution < 1.29 is 17.9 Å². The lowest BCUT2D eigenvalue weighted by atomic mass is 10.2. The average molecular weight is 453 g/mol. The number of nitrogens with one attached hydrogen (secondary N) is 1. The molecule has 0 fully saturated rings. The number of carbonyl (C=O) groups is 1. The molecular formula is C22H29ClN2O4S. The zero-order valence-corrected chi connectivity index (χ0v) is 19.2. The Bertz CT molecular complexity index is 930. The van der Waals surface area contributed by atoms with Gasteiger partial charge in [0, 0.05) is 24.7 Å². The van der Waals surface area contributed by atoms with Crippen LogP contribution in [0.15, 0.2) is 53.4 Å². The molecule has 0 atom stereocenters. The summed E-state index contributed by atoms with van der Waals surface area (Å²) in [6.45, 7) is 6.49. The second-order valence-corrected chi connectivity index (χ2v) is 9.71. The van der Waals surface area contributed by atoms with Gasteiger partial charge in [-0.2, -0.15) is 4.31 Å². The van der Waals surface area contributed by atoms with Crippen molar-refractivity contribution in [1.82, 2.24) is 9.62 Å². The van der Waals surface area contributed by atoms with E-state index in [-0.39, 0.29) is 30.0 Å². The van der Waals surface area contributed by atoms with E-state index in [0.717, 1.165) is 5.56 Å². The Hall–Kier alpha value is -1.93. The smallest absolute Gasteiger partial charge is 0.243 e. The molecule has 2 aromatic rings. The summed E-state index contributed by atoms with van der Waals surface area (Å²) in [6, 6.07) is 13.5. The second-order valence-electron chi connectivity index (χ2n) is 7.34. The highest BCUT2D eigenvalue weighted by molar-refractivity contribution is 7.89. The molecule has 0 bridgehead atoms. The van der Waals surface area contributed by atoms with E-state index >= 15 is 0 Å². The first-order valence-electron chi connectivity index (χ1n) is 9.88. The number of rotatable bonds is 11. The molecule has 1 amide bonds. The van der Waals surface area contributed by atoms with Crippen LogP contribution in [0.25, 0.3) is 0 Å². The molecule has 2 rings (SSSR count). The molecule has 0 aromatic heterocycles. The van der Waals surface area contributed by atoms with Crippen LogP contribution in [0.4, 0.5) is 0 Å². The van der Waals surface area contributed by atoms with Crippen molar-refractivity contribution in [1.29, 1.82) is 0 Å². The lowest BCUT2D eigenvalue weighted by molar-refractivity contribution is -0.121. The van der Waals surface area contributed by atoms with Crippen molar-refractivity contribution >= 4 is 27.5 Å². The van der Waals surface area contributed by atoms with Crippen molar-refractivity contribution in [3.63, 3.8) is 0 Å². The van der Waals surface area contributed by atoms with Crippen LogP contribution in [-0.2, 0) is 26.1 Å². The molecule has 0 saturated carbocycles. The van der Waals surface area contributed by atoms with Crippen LogP contribution in [0.3, 0.4) is 0 Å². The maximum atomic E-state index is 13.2. The lowest BCUT2D eigenvalue weighted by Crippen LogP contribution is -2.40. The first-order chi connectivity index (χ1) is 14.2. The molecule has 6 nitrogen and oxygen atoms in total. The average Bonchev–Trinajstić information content (AvgIpc) is 2.67. The van der Waals surface area contributed by atoms with Gasteiger partial charge in [-0.15, -0.1) is 0 Å². The number of ether oxygens (including phenoxy) is 1. The Kier molecular flexibility index (Phi) is 9.30. The molecule has 30 heavy (non-hydrogen) atoms. The van der Waals surface area contributed by atoms with Crippen LogP contribution >= 0.6 is 11.6 Å². The lowest BCUT2D eigenvalue weighted by Gasteiger charge is -2.22. The fourth-order valence-corrected chi connectivity index (χ4v) is 4.36. The molecule has 0 unspecified atom stereocenters. The highest BCUT2D eigenvalue weighted by Gasteiger charge is 2.27. The first-order valence-corrected chi connectivity index (χ1v) is 11.7. The summed E-state index contributed by atoms with van der Waals surface area (Å²) >= 11 is 6.04. The fourth-order valence-electron chi connectivity index (χ4n) is 2.76. The molecule has 0 heterocycles. The quantitative estimate of drug-likeness (QED) is 0.526. The van der Waals surface area contributed by atoms with Crippen LogP contribution in [0.2, 0.25) is 5.02 Å². The summed E-state index contributed by atoms with van der Waals surface area (Å²) in [5.74, 6) is -0.364. The predicted molar refractivity (Wildman–Crippen MR) is 119 cm³/mol. The van der Waals surface area contributed by atoms with E-state index in [9.17, 15) is 13.2 Å². The number of carbonyl (C=O) groups excluding carboxylic acids is 1. The van der Waals surface area contributed by atoms with Gasteiger partial charge in [0.05, 0.1) is 17.5 Å². The largest absolute Gasteiger partial charge is 0.379 e. The van der Waals surface area contributed by atoms with Crippen molar-refractivity contribution in [3.8, 4) is 0 Å². The molecule has 0 radical (unpaired) electrons. The van der Waals surface area contributed by atoms with E-state index in [1.165, 1.54) is 4.31 Å². The second kappa shape index (κ2) is 11.5. The van der Waals surface area contributed by atoms with Gasteiger partial charge in [-0.3, -0.25) is 4.79 Å². The Morgan fingerprint density at radius 1 is 1.17 bits per heavy atom. The number of benzene rings is 2. The Labute approximate surface area is 184 Å². The summed E-state index contributed by atoms with van der Waals surface area (Å²) < 4.78 is 33.0. The SMILES string of the molecule is Cc1ccc(S(=O)(=O)N(CC(=O)NCCCOC(C)C)Cc2cccc(Cl)c2)cc1. The van der Waals surface area contributed by atoms with Gasteiger partial charge in [-0.1, -0.05) is 41.4 Å². The van der Waals surface area contributed by atoms with Gasteiger partial charge >= 0.3 is 0 Å². The van der Waals surface area contributed by atoms with Crippen LogP contribution in [0.5, 0.6) is 0 Å². The third-order valence-electron chi connectivity index (χ3n) is 4.32. The molecule has 8 heteroatoms. The number of nitrogens with zero attached hydrogens (tertiary/aromatic N) is 1. The molecule has 0 aliphatic rings. The standard InChI is InChI=1S/C22H29ClN2O4S/c1-17(2)29-13-5-12-24-22(26)16-25(15-19-6-4-7-20(23)14-19)30(27,28)21-10-8-18(3)9-11-21/h4,6-11,14,17H,5,12-13,15-16H2,1-3H3,(H,24,26). The normalized spacial score (nSPS) is 11.8. The van der Waals surface area contributed by atoms with Crippen molar-refractivity contribution in [2.75, 3.05) is 19.7 Å². The van der Waals surface area contributed by atoms with E-state index in [2.05, 4.69) is 5.32 Å².